The molecule has 1 heterocycles. The minimum Gasteiger partial charge on any atom is -0.369 e. The molecule has 1 fully saturated rings. The molecule has 2 aromatic rings. The fourth-order valence-corrected chi connectivity index (χ4v) is 3.34. The summed E-state index contributed by atoms with van der Waals surface area (Å²) < 4.78 is 0. The van der Waals surface area contributed by atoms with Crippen molar-refractivity contribution >= 4 is 24.0 Å². The monoisotopic (exact) mass is 388 g/mol. The Hall–Kier alpha value is -2.08. The average Bonchev–Trinajstić information content (AvgIpc) is 2.69. The van der Waals surface area contributed by atoms with Gasteiger partial charge in [-0.25, -0.2) is 0 Å². The van der Waals surface area contributed by atoms with Crippen molar-refractivity contribution in [2.45, 2.75) is 13.1 Å². The van der Waals surface area contributed by atoms with Gasteiger partial charge in [-0.15, -0.1) is 12.4 Å². The minimum atomic E-state index is 0. The number of anilines is 1. The van der Waals surface area contributed by atoms with Crippen molar-refractivity contribution in [2.24, 2.45) is 0 Å². The van der Waals surface area contributed by atoms with E-state index in [1.807, 2.05) is 6.07 Å². The summed E-state index contributed by atoms with van der Waals surface area (Å²) in [6, 6.07) is 19.0. The maximum absolute atomic E-state index is 11.7. The lowest BCUT2D eigenvalue weighted by molar-refractivity contribution is -0.120. The first-order valence-electron chi connectivity index (χ1n) is 9.26. The third-order valence-electron chi connectivity index (χ3n) is 4.82. The van der Waals surface area contributed by atoms with Crippen LogP contribution in [0.2, 0.25) is 0 Å². The van der Waals surface area contributed by atoms with E-state index < -0.39 is 0 Å². The van der Waals surface area contributed by atoms with Crippen LogP contribution < -0.4 is 15.5 Å². The van der Waals surface area contributed by atoms with Gasteiger partial charge in [0.1, 0.15) is 0 Å². The van der Waals surface area contributed by atoms with Crippen LogP contribution in [0, 0.1) is 0 Å². The number of hydrogen-bond acceptors (Lipinski definition) is 4. The van der Waals surface area contributed by atoms with Gasteiger partial charge in [0.15, 0.2) is 0 Å². The Morgan fingerprint density at radius 3 is 2.22 bits per heavy atom. The van der Waals surface area contributed by atoms with Gasteiger partial charge >= 0.3 is 0 Å². The Balaban J connectivity index is 0.00000261. The third kappa shape index (κ3) is 6.24. The molecule has 0 aliphatic carbocycles. The number of piperazine rings is 1. The van der Waals surface area contributed by atoms with Gasteiger partial charge in [0.2, 0.25) is 5.91 Å². The third-order valence-corrected chi connectivity index (χ3v) is 4.82. The number of nitrogens with zero attached hydrogens (tertiary/aromatic N) is 2. The van der Waals surface area contributed by atoms with E-state index in [0.717, 1.165) is 32.7 Å². The molecule has 0 aromatic heterocycles. The van der Waals surface area contributed by atoms with Crippen LogP contribution in [0.1, 0.15) is 11.1 Å². The summed E-state index contributed by atoms with van der Waals surface area (Å²) >= 11 is 0. The van der Waals surface area contributed by atoms with E-state index >= 15 is 0 Å². The van der Waals surface area contributed by atoms with Gasteiger partial charge in [0, 0.05) is 45.0 Å². The second kappa shape index (κ2) is 10.9. The lowest BCUT2D eigenvalue weighted by Gasteiger charge is -2.36. The first-order valence-corrected chi connectivity index (χ1v) is 9.26. The van der Waals surface area contributed by atoms with Crippen LogP contribution in [0.15, 0.2) is 54.6 Å². The predicted molar refractivity (Wildman–Crippen MR) is 113 cm³/mol. The van der Waals surface area contributed by atoms with Crippen LogP contribution in [-0.2, 0) is 17.9 Å². The number of carbonyl (C=O) groups is 1. The molecular formula is C21H29ClN4O. The van der Waals surface area contributed by atoms with Gasteiger partial charge in [-0.05, 0) is 30.3 Å². The smallest absolute Gasteiger partial charge is 0.234 e. The van der Waals surface area contributed by atoms with Gasteiger partial charge < -0.3 is 15.5 Å². The molecule has 0 saturated carbocycles. The average molecular weight is 389 g/mol. The number of hydrogen-bond donors (Lipinski definition) is 2. The van der Waals surface area contributed by atoms with Crippen LogP contribution in [0.3, 0.4) is 0 Å². The van der Waals surface area contributed by atoms with Gasteiger partial charge in [0.05, 0.1) is 6.54 Å². The zero-order valence-corrected chi connectivity index (χ0v) is 16.7. The Bertz CT molecular complexity index is 702. The van der Waals surface area contributed by atoms with Crippen molar-refractivity contribution < 1.29 is 4.79 Å². The van der Waals surface area contributed by atoms with Crippen molar-refractivity contribution in [1.82, 2.24) is 15.5 Å². The molecule has 6 heteroatoms. The summed E-state index contributed by atoms with van der Waals surface area (Å²) in [5, 5.41) is 5.85. The highest BCUT2D eigenvalue weighted by atomic mass is 35.5. The molecule has 5 nitrogen and oxygen atoms in total. The minimum absolute atomic E-state index is 0. The summed E-state index contributed by atoms with van der Waals surface area (Å²) in [6.45, 7) is 6.06. The van der Waals surface area contributed by atoms with E-state index in [2.05, 4.69) is 69.0 Å². The van der Waals surface area contributed by atoms with E-state index in [4.69, 9.17) is 0 Å². The number of rotatable bonds is 7. The van der Waals surface area contributed by atoms with Crippen LogP contribution in [0.5, 0.6) is 0 Å². The molecule has 0 radical (unpaired) electrons. The normalized spacial score (nSPS) is 14.5. The lowest BCUT2D eigenvalue weighted by Crippen LogP contribution is -2.46. The number of amides is 1. The van der Waals surface area contributed by atoms with Crippen LogP contribution in [0.25, 0.3) is 0 Å². The summed E-state index contributed by atoms with van der Waals surface area (Å²) in [7, 11) is 1.78. The maximum atomic E-state index is 11.7. The van der Waals surface area contributed by atoms with Crippen molar-refractivity contribution in [2.75, 3.05) is 44.7 Å². The molecule has 0 unspecified atom stereocenters. The molecule has 27 heavy (non-hydrogen) atoms. The molecule has 0 atom stereocenters. The standard InChI is InChI=1S/C21H28N4O.ClH/c1-22-16-21(26)23-15-18-7-5-6-8-19(18)17-24-11-13-25(14-12-24)20-9-3-2-4-10-20;/h2-10,22H,11-17H2,1H3,(H,23,26);1H. The zero-order valence-electron chi connectivity index (χ0n) is 15.9. The van der Waals surface area contributed by atoms with Gasteiger partial charge in [0.25, 0.3) is 0 Å². The molecule has 2 aromatic carbocycles. The SMILES string of the molecule is CNCC(=O)NCc1ccccc1CN1CCN(c2ccccc2)CC1.Cl. The van der Waals surface area contributed by atoms with E-state index in [1.54, 1.807) is 7.05 Å². The van der Waals surface area contributed by atoms with Crippen LogP contribution >= 0.6 is 12.4 Å². The van der Waals surface area contributed by atoms with Crippen molar-refractivity contribution in [3.05, 3.63) is 65.7 Å². The number of carbonyl (C=O) groups excluding carboxylic acids is 1. The maximum Gasteiger partial charge on any atom is 0.234 e. The molecule has 1 amide bonds. The molecule has 0 bridgehead atoms. The summed E-state index contributed by atoms with van der Waals surface area (Å²) in [5.41, 5.74) is 3.80. The second-order valence-electron chi connectivity index (χ2n) is 6.67. The van der Waals surface area contributed by atoms with Crippen LogP contribution in [-0.4, -0.2) is 50.6 Å². The molecule has 1 aliphatic heterocycles. The fraction of sp³-hybridized carbons (Fsp3) is 0.381. The molecule has 1 saturated heterocycles. The summed E-state index contributed by atoms with van der Waals surface area (Å²) in [5.74, 6) is 0.0266. The van der Waals surface area contributed by atoms with E-state index in [0.29, 0.717) is 13.1 Å². The van der Waals surface area contributed by atoms with Crippen LogP contribution in [0.4, 0.5) is 5.69 Å². The molecule has 2 N–H and O–H groups in total. The molecule has 1 aliphatic rings. The number of benzene rings is 2. The molecule has 0 spiro atoms. The Kier molecular flexibility index (Phi) is 8.58. The quantitative estimate of drug-likeness (QED) is 0.763. The van der Waals surface area contributed by atoms with Gasteiger partial charge in [-0.2, -0.15) is 0 Å². The Morgan fingerprint density at radius 2 is 1.56 bits per heavy atom. The van der Waals surface area contributed by atoms with Crippen molar-refractivity contribution in [3.63, 3.8) is 0 Å². The summed E-state index contributed by atoms with van der Waals surface area (Å²) in [6.07, 6.45) is 0. The number of para-hydroxylation sites is 1. The van der Waals surface area contributed by atoms with Gasteiger partial charge in [-0.1, -0.05) is 42.5 Å². The number of likely N-dealkylation sites (N-methyl/N-ethyl adjacent to an activating group) is 1. The van der Waals surface area contributed by atoms with Gasteiger partial charge in [-0.3, -0.25) is 9.69 Å². The van der Waals surface area contributed by atoms with Crippen molar-refractivity contribution in [1.29, 1.82) is 0 Å². The fourth-order valence-electron chi connectivity index (χ4n) is 3.34. The first kappa shape index (κ1) is 21.2. The Morgan fingerprint density at radius 1 is 0.926 bits per heavy atom. The summed E-state index contributed by atoms with van der Waals surface area (Å²) in [4.78, 5) is 16.6. The van der Waals surface area contributed by atoms with E-state index in [-0.39, 0.29) is 18.3 Å². The van der Waals surface area contributed by atoms with Crippen molar-refractivity contribution in [3.8, 4) is 0 Å². The second-order valence-corrected chi connectivity index (χ2v) is 6.67. The lowest BCUT2D eigenvalue weighted by atomic mass is 10.1. The van der Waals surface area contributed by atoms with E-state index in [9.17, 15) is 4.79 Å². The highest BCUT2D eigenvalue weighted by Gasteiger charge is 2.18. The predicted octanol–water partition coefficient (Wildman–Crippen LogP) is 2.27. The largest absolute Gasteiger partial charge is 0.369 e. The molecular weight excluding hydrogens is 360 g/mol. The molecule has 146 valence electrons. The topological polar surface area (TPSA) is 47.6 Å². The highest BCUT2D eigenvalue weighted by molar-refractivity contribution is 5.85. The highest BCUT2D eigenvalue weighted by Crippen LogP contribution is 2.18. The van der Waals surface area contributed by atoms with E-state index in [1.165, 1.54) is 16.8 Å². The zero-order chi connectivity index (χ0) is 18.2. The molecule has 3 rings (SSSR count). The number of halogens is 1. The number of nitrogens with one attached hydrogen (secondary N) is 2. The Labute approximate surface area is 168 Å². The first-order chi connectivity index (χ1) is 12.8.